The zero-order valence-corrected chi connectivity index (χ0v) is 19.1. The van der Waals surface area contributed by atoms with Gasteiger partial charge in [-0.1, -0.05) is 23.8 Å². The first-order valence-electron chi connectivity index (χ1n) is 10.9. The second-order valence-electron chi connectivity index (χ2n) is 8.27. The van der Waals surface area contributed by atoms with E-state index >= 15 is 0 Å². The van der Waals surface area contributed by atoms with Crippen molar-refractivity contribution in [3.8, 4) is 11.5 Å². The number of benzene rings is 3. The summed E-state index contributed by atoms with van der Waals surface area (Å²) in [5, 5.41) is 0.416. The third-order valence-electron chi connectivity index (χ3n) is 5.95. The highest BCUT2D eigenvalue weighted by atomic mass is 16.5. The van der Waals surface area contributed by atoms with Gasteiger partial charge in [0.2, 0.25) is 5.76 Å². The number of nitrogens with zero attached hydrogens (tertiary/aromatic N) is 1. The highest BCUT2D eigenvalue weighted by molar-refractivity contribution is 6.10. The van der Waals surface area contributed by atoms with Crippen LogP contribution in [0.25, 0.3) is 11.0 Å². The molecule has 2 amide bonds. The smallest absolute Gasteiger partial charge is 0.295 e. The fourth-order valence-corrected chi connectivity index (χ4v) is 4.31. The summed E-state index contributed by atoms with van der Waals surface area (Å²) < 4.78 is 16.6. The Bertz CT molecular complexity index is 1510. The van der Waals surface area contributed by atoms with Gasteiger partial charge in [0, 0.05) is 5.69 Å². The number of fused-ring (bicyclic) bond motifs is 2. The minimum Gasteiger partial charge on any atom is -0.497 e. The molecule has 35 heavy (non-hydrogen) atoms. The number of nitrogens with two attached hydrogens (primary N) is 1. The average Bonchev–Trinajstić information content (AvgIpc) is 3.16. The number of carbonyl (C=O) groups is 2. The first-order chi connectivity index (χ1) is 16.9. The maximum Gasteiger partial charge on any atom is 0.295 e. The van der Waals surface area contributed by atoms with Gasteiger partial charge >= 0.3 is 0 Å². The summed E-state index contributed by atoms with van der Waals surface area (Å²) in [6.07, 6.45) is 0. The van der Waals surface area contributed by atoms with Gasteiger partial charge in [0.15, 0.2) is 12.0 Å². The van der Waals surface area contributed by atoms with Crippen molar-refractivity contribution in [2.45, 2.75) is 13.0 Å². The topological polar surface area (TPSA) is 112 Å². The summed E-state index contributed by atoms with van der Waals surface area (Å²) in [7, 11) is 1.56. The minimum atomic E-state index is -0.725. The Morgan fingerprint density at radius 3 is 2.34 bits per heavy atom. The van der Waals surface area contributed by atoms with Crippen LogP contribution in [0.1, 0.15) is 33.3 Å². The van der Waals surface area contributed by atoms with E-state index < -0.39 is 17.9 Å². The molecule has 5 rings (SSSR count). The normalized spacial score (nSPS) is 14.7. The van der Waals surface area contributed by atoms with E-state index in [4.69, 9.17) is 19.6 Å². The van der Waals surface area contributed by atoms with Crippen LogP contribution in [-0.2, 0) is 4.79 Å². The lowest BCUT2D eigenvalue weighted by molar-refractivity contribution is -0.119. The SMILES string of the molecule is COc1ccc(N2C(=O)c3oc4ccc(C)cc4c(=O)c3C2c2ccc(OCC(N)=O)cc2)cc1. The molecule has 3 aromatic carbocycles. The minimum absolute atomic E-state index is 0.0150. The van der Waals surface area contributed by atoms with E-state index in [2.05, 4.69) is 0 Å². The van der Waals surface area contributed by atoms with Gasteiger partial charge in [-0.25, -0.2) is 0 Å². The molecule has 0 bridgehead atoms. The monoisotopic (exact) mass is 470 g/mol. The zero-order chi connectivity index (χ0) is 24.7. The first-order valence-corrected chi connectivity index (χ1v) is 10.9. The average molecular weight is 470 g/mol. The van der Waals surface area contributed by atoms with Gasteiger partial charge in [0.05, 0.1) is 24.1 Å². The number of hydrogen-bond donors (Lipinski definition) is 1. The van der Waals surface area contributed by atoms with Crippen molar-refractivity contribution in [1.29, 1.82) is 0 Å². The van der Waals surface area contributed by atoms with Gasteiger partial charge in [0.25, 0.3) is 11.8 Å². The van der Waals surface area contributed by atoms with Gasteiger partial charge in [-0.05, 0) is 61.0 Å². The first kappa shape index (κ1) is 22.2. The Labute approximate surface area is 200 Å². The van der Waals surface area contributed by atoms with E-state index in [1.165, 1.54) is 0 Å². The Hall–Kier alpha value is -4.59. The maximum atomic E-state index is 13.7. The fraction of sp³-hybridized carbons (Fsp3) is 0.148. The van der Waals surface area contributed by atoms with Crippen LogP contribution in [0.4, 0.5) is 5.69 Å². The Kier molecular flexibility index (Phi) is 5.49. The molecule has 0 aliphatic carbocycles. The van der Waals surface area contributed by atoms with Gasteiger partial charge in [-0.2, -0.15) is 0 Å². The lowest BCUT2D eigenvalue weighted by Crippen LogP contribution is -2.29. The van der Waals surface area contributed by atoms with Crippen LogP contribution in [0, 0.1) is 6.92 Å². The second-order valence-corrected chi connectivity index (χ2v) is 8.27. The van der Waals surface area contributed by atoms with Crippen LogP contribution >= 0.6 is 0 Å². The van der Waals surface area contributed by atoms with Crippen molar-refractivity contribution < 1.29 is 23.5 Å². The number of amides is 2. The van der Waals surface area contributed by atoms with Crippen LogP contribution in [-0.4, -0.2) is 25.5 Å². The molecule has 8 heteroatoms. The van der Waals surface area contributed by atoms with Crippen molar-refractivity contribution in [3.05, 3.63) is 99.4 Å². The van der Waals surface area contributed by atoms with Gasteiger partial charge in [0.1, 0.15) is 17.1 Å². The van der Waals surface area contributed by atoms with E-state index in [1.54, 1.807) is 72.7 Å². The Balaban J connectivity index is 1.68. The molecule has 0 fully saturated rings. The lowest BCUT2D eigenvalue weighted by atomic mass is 9.97. The van der Waals surface area contributed by atoms with E-state index in [1.807, 2.05) is 13.0 Å². The molecule has 0 saturated carbocycles. The van der Waals surface area contributed by atoms with E-state index in [0.29, 0.717) is 33.7 Å². The largest absolute Gasteiger partial charge is 0.497 e. The Morgan fingerprint density at radius 1 is 1.00 bits per heavy atom. The molecule has 0 radical (unpaired) electrons. The van der Waals surface area contributed by atoms with Crippen LogP contribution in [0.5, 0.6) is 11.5 Å². The van der Waals surface area contributed by atoms with E-state index in [0.717, 1.165) is 5.56 Å². The number of hydrogen-bond acceptors (Lipinski definition) is 6. The molecule has 176 valence electrons. The van der Waals surface area contributed by atoms with Crippen molar-refractivity contribution in [2.75, 3.05) is 18.6 Å². The predicted octanol–water partition coefficient (Wildman–Crippen LogP) is 3.72. The number of aryl methyl sites for hydroxylation is 1. The maximum absolute atomic E-state index is 13.7. The summed E-state index contributed by atoms with van der Waals surface area (Å²) in [6, 6.07) is 18.4. The summed E-state index contributed by atoms with van der Waals surface area (Å²) in [6.45, 7) is 1.64. The highest BCUT2D eigenvalue weighted by Crippen LogP contribution is 2.42. The number of anilines is 1. The van der Waals surface area contributed by atoms with Crippen molar-refractivity contribution in [2.24, 2.45) is 5.73 Å². The molecule has 4 aromatic rings. The zero-order valence-electron chi connectivity index (χ0n) is 19.1. The van der Waals surface area contributed by atoms with Gasteiger partial charge < -0.3 is 19.6 Å². The number of primary amides is 1. The molecule has 0 spiro atoms. The molecule has 0 saturated heterocycles. The van der Waals surface area contributed by atoms with Crippen LogP contribution in [0.2, 0.25) is 0 Å². The predicted molar refractivity (Wildman–Crippen MR) is 130 cm³/mol. The molecule has 1 aliphatic rings. The summed E-state index contributed by atoms with van der Waals surface area (Å²) >= 11 is 0. The third-order valence-corrected chi connectivity index (χ3v) is 5.95. The van der Waals surface area contributed by atoms with Crippen molar-refractivity contribution in [1.82, 2.24) is 0 Å². The van der Waals surface area contributed by atoms with E-state index in [-0.39, 0.29) is 23.4 Å². The summed E-state index contributed by atoms with van der Waals surface area (Å²) in [4.78, 5) is 39.9. The molecule has 1 aromatic heterocycles. The van der Waals surface area contributed by atoms with Crippen LogP contribution in [0.3, 0.4) is 0 Å². The third kappa shape index (κ3) is 3.89. The van der Waals surface area contributed by atoms with Crippen LogP contribution in [0.15, 0.2) is 75.9 Å². The lowest BCUT2D eigenvalue weighted by Gasteiger charge is -2.25. The molecule has 1 unspecified atom stereocenters. The number of methoxy groups -OCH3 is 1. The van der Waals surface area contributed by atoms with Crippen LogP contribution < -0.4 is 25.5 Å². The Morgan fingerprint density at radius 2 is 1.69 bits per heavy atom. The number of carbonyl (C=O) groups excluding carboxylic acids is 2. The van der Waals surface area contributed by atoms with Gasteiger partial charge in [-0.15, -0.1) is 0 Å². The molecular weight excluding hydrogens is 448 g/mol. The standard InChI is InChI=1S/C27H22N2O6/c1-15-3-12-21-20(13-15)25(31)23-24(16-4-8-19(9-5-16)34-14-22(28)30)29(27(32)26(23)35-21)17-6-10-18(33-2)11-7-17/h3-13,24H,14H2,1-2H3,(H2,28,30). The van der Waals surface area contributed by atoms with E-state index in [9.17, 15) is 14.4 Å². The van der Waals surface area contributed by atoms with Crippen molar-refractivity contribution in [3.63, 3.8) is 0 Å². The summed E-state index contributed by atoms with van der Waals surface area (Å²) in [5.41, 5.74) is 7.70. The van der Waals surface area contributed by atoms with Crippen molar-refractivity contribution >= 4 is 28.5 Å². The molecule has 1 aliphatic heterocycles. The molecular formula is C27H22N2O6. The fourth-order valence-electron chi connectivity index (χ4n) is 4.31. The molecule has 8 nitrogen and oxygen atoms in total. The molecule has 1 atom stereocenters. The highest BCUT2D eigenvalue weighted by Gasteiger charge is 2.43. The summed E-state index contributed by atoms with van der Waals surface area (Å²) in [5.74, 6) is 0.0926. The number of ether oxygens (including phenoxy) is 2. The number of rotatable bonds is 6. The second kappa shape index (κ2) is 8.64. The molecule has 2 heterocycles. The quantitative estimate of drug-likeness (QED) is 0.460. The van der Waals surface area contributed by atoms with Gasteiger partial charge in [-0.3, -0.25) is 19.3 Å². The molecule has 2 N–H and O–H groups in total.